The van der Waals surface area contributed by atoms with Gasteiger partial charge in [0.2, 0.25) is 0 Å². The fourth-order valence-corrected chi connectivity index (χ4v) is 6.64. The summed E-state index contributed by atoms with van der Waals surface area (Å²) in [6, 6.07) is 13.0. The monoisotopic (exact) mass is 624 g/mol. The summed E-state index contributed by atoms with van der Waals surface area (Å²) in [4.78, 5) is 0. The minimum absolute atomic E-state index is 0.135. The zero-order valence-electron chi connectivity index (χ0n) is 27.4. The molecule has 0 saturated carbocycles. The summed E-state index contributed by atoms with van der Waals surface area (Å²) in [6.45, 7) is 5.00. The molecule has 1 nitrogen and oxygen atoms in total. The molecule has 3 aromatic rings. The van der Waals surface area contributed by atoms with Gasteiger partial charge in [0.15, 0.2) is 23.3 Å². The van der Waals surface area contributed by atoms with Gasteiger partial charge in [0.25, 0.3) is 0 Å². The number of hydrogen-bond donors (Lipinski definition) is 0. The number of halogens is 4. The smallest absolute Gasteiger partial charge is 0.167 e. The van der Waals surface area contributed by atoms with Crippen LogP contribution in [0, 0.1) is 29.2 Å². The van der Waals surface area contributed by atoms with Gasteiger partial charge < -0.3 is 4.74 Å². The molecule has 0 aromatic heterocycles. The Morgan fingerprint density at radius 2 is 1.09 bits per heavy atom. The van der Waals surface area contributed by atoms with E-state index in [0.717, 1.165) is 32.1 Å². The highest BCUT2D eigenvalue weighted by Gasteiger charge is 2.27. The lowest BCUT2D eigenvalue weighted by molar-refractivity contribution is -0.0218. The molecule has 1 heterocycles. The molecule has 5 heteroatoms. The first-order valence-electron chi connectivity index (χ1n) is 17.6. The maximum absolute atomic E-state index is 15.3. The summed E-state index contributed by atoms with van der Waals surface area (Å²) in [5, 5.41) is 0. The molecule has 0 radical (unpaired) electrons. The lowest BCUT2D eigenvalue weighted by Crippen LogP contribution is -2.21. The van der Waals surface area contributed by atoms with Crippen molar-refractivity contribution in [3.8, 4) is 22.3 Å². The first kappa shape index (κ1) is 35.2. The van der Waals surface area contributed by atoms with Crippen LogP contribution >= 0.6 is 0 Å². The third-order valence-corrected chi connectivity index (χ3v) is 9.51. The van der Waals surface area contributed by atoms with Gasteiger partial charge >= 0.3 is 0 Å². The van der Waals surface area contributed by atoms with Crippen LogP contribution in [-0.4, -0.2) is 6.61 Å². The van der Waals surface area contributed by atoms with Crippen molar-refractivity contribution in [3.05, 3.63) is 82.9 Å². The van der Waals surface area contributed by atoms with E-state index >= 15 is 13.2 Å². The van der Waals surface area contributed by atoms with Gasteiger partial charge in [0.05, 0.1) is 12.7 Å². The Balaban J connectivity index is 1.33. The Kier molecular flexibility index (Phi) is 14.5. The molecule has 0 spiro atoms. The van der Waals surface area contributed by atoms with Crippen molar-refractivity contribution in [1.29, 1.82) is 0 Å². The molecule has 1 aliphatic heterocycles. The lowest BCUT2D eigenvalue weighted by Gasteiger charge is -2.30. The van der Waals surface area contributed by atoms with Crippen LogP contribution in [0.5, 0.6) is 0 Å². The number of unbranched alkanes of at least 4 members (excludes halogenated alkanes) is 11. The van der Waals surface area contributed by atoms with Crippen LogP contribution < -0.4 is 0 Å². The molecule has 0 aliphatic carbocycles. The molecule has 2 atom stereocenters. The van der Waals surface area contributed by atoms with Crippen LogP contribution in [0.15, 0.2) is 48.5 Å². The zero-order valence-corrected chi connectivity index (χ0v) is 27.4. The highest BCUT2D eigenvalue weighted by Crippen LogP contribution is 2.37. The van der Waals surface area contributed by atoms with Crippen LogP contribution in [-0.2, 0) is 11.2 Å². The average Bonchev–Trinajstić information content (AvgIpc) is 3.06. The maximum Gasteiger partial charge on any atom is 0.167 e. The Morgan fingerprint density at radius 1 is 0.556 bits per heavy atom. The average molecular weight is 625 g/mol. The predicted molar refractivity (Wildman–Crippen MR) is 178 cm³/mol. The van der Waals surface area contributed by atoms with E-state index in [2.05, 4.69) is 13.8 Å². The topological polar surface area (TPSA) is 9.23 Å². The molecule has 1 saturated heterocycles. The van der Waals surface area contributed by atoms with E-state index in [1.54, 1.807) is 48.5 Å². The number of benzene rings is 3. The Bertz CT molecular complexity index is 1310. The molecular formula is C40H52F4O. The van der Waals surface area contributed by atoms with Crippen LogP contribution in [0.25, 0.3) is 22.3 Å². The minimum Gasteiger partial charge on any atom is -0.373 e. The molecule has 0 amide bonds. The van der Waals surface area contributed by atoms with Crippen molar-refractivity contribution in [3.63, 3.8) is 0 Å². The standard InChI is InChI=1S/C40H52F4O/c1-3-5-7-9-10-11-13-15-17-32-23-24-33(38(42)37(32)41)30-19-21-31(22-20-30)34-25-26-35(40(44)39(34)43)36-27-18-29(28-45-36)16-14-12-8-6-4-2/h19-26,29,36H,3-18,27-28H2,1-2H3. The third kappa shape index (κ3) is 9.91. The van der Waals surface area contributed by atoms with Gasteiger partial charge in [-0.15, -0.1) is 0 Å². The van der Waals surface area contributed by atoms with E-state index in [1.165, 1.54) is 64.2 Å². The summed E-state index contributed by atoms with van der Waals surface area (Å²) in [5.74, 6) is -2.97. The van der Waals surface area contributed by atoms with E-state index in [4.69, 9.17) is 4.74 Å². The van der Waals surface area contributed by atoms with E-state index in [1.807, 2.05) is 0 Å². The first-order chi connectivity index (χ1) is 21.9. The normalized spacial score (nSPS) is 16.8. The molecular weight excluding hydrogens is 572 g/mol. The van der Waals surface area contributed by atoms with Gasteiger partial charge in [-0.05, 0) is 54.7 Å². The molecule has 246 valence electrons. The highest BCUT2D eigenvalue weighted by atomic mass is 19.2. The summed E-state index contributed by atoms with van der Waals surface area (Å²) >= 11 is 0. The fourth-order valence-electron chi connectivity index (χ4n) is 6.64. The highest BCUT2D eigenvalue weighted by molar-refractivity contribution is 5.71. The van der Waals surface area contributed by atoms with Crippen molar-refractivity contribution < 1.29 is 22.3 Å². The summed E-state index contributed by atoms with van der Waals surface area (Å²) < 4.78 is 66.6. The molecule has 1 fully saturated rings. The lowest BCUT2D eigenvalue weighted by atomic mass is 9.90. The summed E-state index contributed by atoms with van der Waals surface area (Å²) in [5.41, 5.74) is 1.92. The second-order valence-corrected chi connectivity index (χ2v) is 13.0. The SMILES string of the molecule is CCCCCCCCCCc1ccc(-c2ccc(-c3ccc(C4CCC(CCCCCCC)CO4)c(F)c3F)cc2)c(F)c1F. The largest absolute Gasteiger partial charge is 0.373 e. The number of hydrogen-bond acceptors (Lipinski definition) is 1. The number of rotatable bonds is 18. The van der Waals surface area contributed by atoms with Gasteiger partial charge in [0, 0.05) is 16.7 Å². The van der Waals surface area contributed by atoms with Gasteiger partial charge in [-0.25, -0.2) is 17.6 Å². The summed E-state index contributed by atoms with van der Waals surface area (Å²) in [6.07, 6.45) is 18.3. The van der Waals surface area contributed by atoms with Crippen molar-refractivity contribution in [2.45, 2.75) is 129 Å². The fraction of sp³-hybridized carbons (Fsp3) is 0.550. The van der Waals surface area contributed by atoms with Crippen molar-refractivity contribution in [1.82, 2.24) is 0 Å². The number of aryl methyl sites for hydroxylation is 1. The third-order valence-electron chi connectivity index (χ3n) is 9.51. The second-order valence-electron chi connectivity index (χ2n) is 13.0. The van der Waals surface area contributed by atoms with E-state index in [-0.39, 0.29) is 16.7 Å². The van der Waals surface area contributed by atoms with Crippen molar-refractivity contribution in [2.75, 3.05) is 6.61 Å². The van der Waals surface area contributed by atoms with E-state index < -0.39 is 29.4 Å². The summed E-state index contributed by atoms with van der Waals surface area (Å²) in [7, 11) is 0. The molecule has 4 rings (SSSR count). The van der Waals surface area contributed by atoms with Crippen LogP contribution in [0.1, 0.15) is 134 Å². The van der Waals surface area contributed by atoms with Gasteiger partial charge in [-0.1, -0.05) is 139 Å². The molecule has 0 N–H and O–H groups in total. The van der Waals surface area contributed by atoms with E-state index in [9.17, 15) is 4.39 Å². The van der Waals surface area contributed by atoms with Gasteiger partial charge in [-0.3, -0.25) is 0 Å². The number of ether oxygens (including phenoxy) is 1. The van der Waals surface area contributed by atoms with Crippen LogP contribution in [0.3, 0.4) is 0 Å². The maximum atomic E-state index is 15.3. The van der Waals surface area contributed by atoms with Gasteiger partial charge in [0.1, 0.15) is 0 Å². The quantitative estimate of drug-likeness (QED) is 0.101. The Labute approximate surface area is 268 Å². The molecule has 45 heavy (non-hydrogen) atoms. The zero-order chi connectivity index (χ0) is 32.0. The molecule has 0 bridgehead atoms. The second kappa shape index (κ2) is 18.5. The van der Waals surface area contributed by atoms with Gasteiger partial charge in [-0.2, -0.15) is 0 Å². The Morgan fingerprint density at radius 3 is 1.67 bits per heavy atom. The van der Waals surface area contributed by atoms with Crippen molar-refractivity contribution in [2.24, 2.45) is 5.92 Å². The minimum atomic E-state index is -0.913. The molecule has 1 aliphatic rings. The predicted octanol–water partition coefficient (Wildman–Crippen LogP) is 13.1. The Hall–Kier alpha value is -2.66. The molecule has 2 unspecified atom stereocenters. The van der Waals surface area contributed by atoms with Crippen LogP contribution in [0.4, 0.5) is 17.6 Å². The first-order valence-corrected chi connectivity index (χ1v) is 17.6. The molecule has 3 aromatic carbocycles. The van der Waals surface area contributed by atoms with E-state index in [0.29, 0.717) is 42.1 Å². The van der Waals surface area contributed by atoms with Crippen LogP contribution in [0.2, 0.25) is 0 Å². The van der Waals surface area contributed by atoms with Crippen molar-refractivity contribution >= 4 is 0 Å².